The number of carbonyl (C=O) groups is 1. The van der Waals surface area contributed by atoms with E-state index < -0.39 is 12.1 Å². The smallest absolute Gasteiger partial charge is 0.344 e. The largest absolute Gasteiger partial charge is 0.497 e. The Morgan fingerprint density at radius 1 is 0.935 bits per heavy atom. The molecular formula is C24H23NO6. The zero-order chi connectivity index (χ0) is 22.2. The number of hydrogen-bond acceptors (Lipinski definition) is 6. The van der Waals surface area contributed by atoms with Crippen LogP contribution >= 0.6 is 0 Å². The van der Waals surface area contributed by atoms with Gasteiger partial charge in [-0.3, -0.25) is 4.99 Å². The summed E-state index contributed by atoms with van der Waals surface area (Å²) in [5.41, 5.74) is 1.29. The second-order valence-corrected chi connectivity index (χ2v) is 6.51. The maximum absolute atomic E-state index is 11.2. The van der Waals surface area contributed by atoms with Gasteiger partial charge in [-0.05, 0) is 55.5 Å². The molecule has 1 N–H and O–H groups in total. The second kappa shape index (κ2) is 10.2. The molecule has 31 heavy (non-hydrogen) atoms. The lowest BCUT2D eigenvalue weighted by atomic mass is 10.2. The van der Waals surface area contributed by atoms with Gasteiger partial charge in [0.2, 0.25) is 0 Å². The van der Waals surface area contributed by atoms with E-state index in [4.69, 9.17) is 24.1 Å². The van der Waals surface area contributed by atoms with Gasteiger partial charge in [0.15, 0.2) is 17.6 Å². The minimum absolute atomic E-state index is 0.321. The average molecular weight is 421 g/mol. The van der Waals surface area contributed by atoms with E-state index in [1.165, 1.54) is 14.0 Å². The molecule has 7 heteroatoms. The molecule has 3 aromatic carbocycles. The molecule has 3 aromatic rings. The second-order valence-electron chi connectivity index (χ2n) is 6.51. The average Bonchev–Trinajstić information content (AvgIpc) is 2.79. The van der Waals surface area contributed by atoms with Crippen LogP contribution in [0.2, 0.25) is 0 Å². The van der Waals surface area contributed by atoms with E-state index >= 15 is 0 Å². The number of aliphatic imine (C=N–C) groups is 1. The van der Waals surface area contributed by atoms with Gasteiger partial charge in [-0.2, -0.15) is 0 Å². The van der Waals surface area contributed by atoms with Crippen molar-refractivity contribution >= 4 is 17.9 Å². The highest BCUT2D eigenvalue weighted by atomic mass is 16.5. The van der Waals surface area contributed by atoms with Gasteiger partial charge < -0.3 is 24.1 Å². The van der Waals surface area contributed by atoms with Crippen LogP contribution in [0.5, 0.6) is 28.7 Å². The minimum Gasteiger partial charge on any atom is -0.497 e. The highest BCUT2D eigenvalue weighted by Gasteiger charge is 2.17. The van der Waals surface area contributed by atoms with Gasteiger partial charge in [0.1, 0.15) is 17.2 Å². The first-order chi connectivity index (χ1) is 15.0. The predicted octanol–water partition coefficient (Wildman–Crippen LogP) is 5.10. The van der Waals surface area contributed by atoms with Crippen molar-refractivity contribution in [2.75, 3.05) is 14.2 Å². The predicted molar refractivity (Wildman–Crippen MR) is 117 cm³/mol. The van der Waals surface area contributed by atoms with Crippen LogP contribution in [0.1, 0.15) is 12.5 Å². The molecule has 7 nitrogen and oxygen atoms in total. The van der Waals surface area contributed by atoms with Gasteiger partial charge in [0.25, 0.3) is 0 Å². The van der Waals surface area contributed by atoms with Crippen LogP contribution < -0.4 is 18.9 Å². The zero-order valence-electron chi connectivity index (χ0n) is 17.4. The number of carboxylic acids is 1. The summed E-state index contributed by atoms with van der Waals surface area (Å²) in [5.74, 6) is 1.72. The van der Waals surface area contributed by atoms with Gasteiger partial charge in [-0.15, -0.1) is 0 Å². The van der Waals surface area contributed by atoms with E-state index in [1.807, 2.05) is 42.5 Å². The lowest BCUT2D eigenvalue weighted by Gasteiger charge is -2.15. The van der Waals surface area contributed by atoms with Crippen molar-refractivity contribution in [2.45, 2.75) is 13.0 Å². The van der Waals surface area contributed by atoms with Crippen LogP contribution in [0.3, 0.4) is 0 Å². The molecule has 0 aromatic heterocycles. The molecule has 0 amide bonds. The summed E-state index contributed by atoms with van der Waals surface area (Å²) < 4.78 is 21.9. The van der Waals surface area contributed by atoms with E-state index in [0.29, 0.717) is 40.0 Å². The van der Waals surface area contributed by atoms with Crippen LogP contribution in [0.4, 0.5) is 5.69 Å². The summed E-state index contributed by atoms with van der Waals surface area (Å²) in [5, 5.41) is 9.15. The van der Waals surface area contributed by atoms with Crippen LogP contribution in [0.25, 0.3) is 0 Å². The lowest BCUT2D eigenvalue weighted by molar-refractivity contribution is -0.144. The van der Waals surface area contributed by atoms with E-state index in [0.717, 1.165) is 0 Å². The van der Waals surface area contributed by atoms with E-state index in [9.17, 15) is 4.79 Å². The Bertz CT molecular complexity index is 1060. The number of hydrogen-bond donors (Lipinski definition) is 1. The number of nitrogens with zero attached hydrogens (tertiary/aromatic N) is 1. The third kappa shape index (κ3) is 5.76. The number of carboxylic acid groups (broad SMARTS) is 1. The molecule has 160 valence electrons. The quantitative estimate of drug-likeness (QED) is 0.484. The van der Waals surface area contributed by atoms with Crippen molar-refractivity contribution in [2.24, 2.45) is 4.99 Å². The van der Waals surface area contributed by atoms with E-state index in [1.54, 1.807) is 37.6 Å². The highest BCUT2D eigenvalue weighted by molar-refractivity contribution is 5.87. The normalized spacial score (nSPS) is 11.7. The Morgan fingerprint density at radius 3 is 2.32 bits per heavy atom. The third-order valence-corrected chi connectivity index (χ3v) is 4.34. The molecule has 0 saturated carbocycles. The molecule has 0 aliphatic carbocycles. The van der Waals surface area contributed by atoms with Crippen LogP contribution in [-0.4, -0.2) is 37.6 Å². The standard InChI is InChI=1S/C24H23NO6/c1-16(24(26)27)30-23-17(6-4-9-22(23)29-3)15-25-18-10-12-19(13-11-18)31-21-8-5-7-20(14-21)28-2/h4-16H,1-3H3,(H,26,27)/t16-/m0/s1. The van der Waals surface area contributed by atoms with Crippen molar-refractivity contribution in [3.8, 4) is 28.7 Å². The number of aliphatic carboxylic acids is 1. The lowest BCUT2D eigenvalue weighted by Crippen LogP contribution is -2.23. The van der Waals surface area contributed by atoms with Gasteiger partial charge in [-0.25, -0.2) is 4.79 Å². The summed E-state index contributed by atoms with van der Waals surface area (Å²) >= 11 is 0. The molecule has 1 atom stereocenters. The molecule has 0 spiro atoms. The number of rotatable bonds is 9. The monoisotopic (exact) mass is 421 g/mol. The van der Waals surface area contributed by atoms with E-state index in [2.05, 4.69) is 4.99 Å². The van der Waals surface area contributed by atoms with Crippen LogP contribution in [0.15, 0.2) is 71.7 Å². The molecule has 0 unspecified atom stereocenters. The summed E-state index contributed by atoms with van der Waals surface area (Å²) in [6, 6.07) is 19.8. The zero-order valence-corrected chi connectivity index (χ0v) is 17.4. The van der Waals surface area contributed by atoms with Crippen molar-refractivity contribution in [1.82, 2.24) is 0 Å². The maximum Gasteiger partial charge on any atom is 0.344 e. The first kappa shape index (κ1) is 21.7. The summed E-state index contributed by atoms with van der Waals surface area (Å²) in [6.07, 6.45) is 0.571. The van der Waals surface area contributed by atoms with E-state index in [-0.39, 0.29) is 0 Å². The van der Waals surface area contributed by atoms with Crippen molar-refractivity contribution in [3.05, 3.63) is 72.3 Å². The topological polar surface area (TPSA) is 86.6 Å². The number of methoxy groups -OCH3 is 2. The fourth-order valence-corrected chi connectivity index (χ4v) is 2.69. The molecule has 0 radical (unpaired) electrons. The Hall–Kier alpha value is -4.00. The van der Waals surface area contributed by atoms with Crippen molar-refractivity contribution in [3.63, 3.8) is 0 Å². The molecule has 0 aliphatic rings. The first-order valence-corrected chi connectivity index (χ1v) is 9.52. The number of ether oxygens (including phenoxy) is 4. The highest BCUT2D eigenvalue weighted by Crippen LogP contribution is 2.32. The number of para-hydroxylation sites is 1. The summed E-state index contributed by atoms with van der Waals surface area (Å²) in [7, 11) is 3.10. The van der Waals surface area contributed by atoms with Gasteiger partial charge in [-0.1, -0.05) is 12.1 Å². The molecule has 0 fully saturated rings. The molecule has 3 rings (SSSR count). The summed E-state index contributed by atoms with van der Waals surface area (Å²) in [6.45, 7) is 1.46. The molecular weight excluding hydrogens is 398 g/mol. The van der Waals surface area contributed by atoms with Crippen LogP contribution in [-0.2, 0) is 4.79 Å². The Morgan fingerprint density at radius 2 is 1.65 bits per heavy atom. The molecule has 0 aliphatic heterocycles. The molecule has 0 bridgehead atoms. The van der Waals surface area contributed by atoms with Crippen molar-refractivity contribution < 1.29 is 28.8 Å². The third-order valence-electron chi connectivity index (χ3n) is 4.34. The fourth-order valence-electron chi connectivity index (χ4n) is 2.69. The maximum atomic E-state index is 11.2. The van der Waals surface area contributed by atoms with Gasteiger partial charge in [0, 0.05) is 17.8 Å². The summed E-state index contributed by atoms with van der Waals surface area (Å²) in [4.78, 5) is 15.6. The minimum atomic E-state index is -1.07. The van der Waals surface area contributed by atoms with Gasteiger partial charge >= 0.3 is 5.97 Å². The van der Waals surface area contributed by atoms with Gasteiger partial charge in [0.05, 0.1) is 19.9 Å². The Balaban J connectivity index is 1.76. The number of benzene rings is 3. The van der Waals surface area contributed by atoms with Crippen molar-refractivity contribution in [1.29, 1.82) is 0 Å². The SMILES string of the molecule is COc1cccc(Oc2ccc(N=Cc3cccc(OC)c3O[C@@H](C)C(=O)O)cc2)c1. The molecule has 0 heterocycles. The Labute approximate surface area is 180 Å². The Kier molecular flexibility index (Phi) is 7.11. The molecule has 0 saturated heterocycles. The fraction of sp³-hybridized carbons (Fsp3) is 0.167. The van der Waals surface area contributed by atoms with Crippen LogP contribution in [0, 0.1) is 0 Å². The first-order valence-electron chi connectivity index (χ1n) is 9.52.